The van der Waals surface area contributed by atoms with Gasteiger partial charge in [-0.15, -0.1) is 6.58 Å². The highest BCUT2D eigenvalue weighted by molar-refractivity contribution is 8.26. The molecule has 5 nitrogen and oxygen atoms in total. The zero-order chi connectivity index (χ0) is 20.6. The second-order valence-electron chi connectivity index (χ2n) is 6.20. The average molecular weight is 425 g/mol. The van der Waals surface area contributed by atoms with E-state index in [0.29, 0.717) is 28.1 Å². The van der Waals surface area contributed by atoms with E-state index in [9.17, 15) is 9.59 Å². The Kier molecular flexibility index (Phi) is 7.21. The fraction of sp³-hybridized carbons (Fsp3) is 0.136. The van der Waals surface area contributed by atoms with Crippen LogP contribution in [0.5, 0.6) is 5.75 Å². The highest BCUT2D eigenvalue weighted by Crippen LogP contribution is 2.32. The predicted molar refractivity (Wildman–Crippen MR) is 120 cm³/mol. The van der Waals surface area contributed by atoms with Gasteiger partial charge in [-0.3, -0.25) is 14.5 Å². The molecule has 2 amide bonds. The molecular weight excluding hydrogens is 404 g/mol. The van der Waals surface area contributed by atoms with Gasteiger partial charge in [0.15, 0.2) is 6.61 Å². The summed E-state index contributed by atoms with van der Waals surface area (Å²) >= 11 is 6.50. The van der Waals surface area contributed by atoms with Crippen molar-refractivity contribution in [3.63, 3.8) is 0 Å². The van der Waals surface area contributed by atoms with Crippen LogP contribution in [0.3, 0.4) is 0 Å². The van der Waals surface area contributed by atoms with E-state index < -0.39 is 0 Å². The molecular formula is C22H20N2O3S2. The number of hydrogen-bond acceptors (Lipinski definition) is 5. The monoisotopic (exact) mass is 424 g/mol. The van der Waals surface area contributed by atoms with E-state index in [0.717, 1.165) is 11.1 Å². The number of carbonyl (C=O) groups excluding carboxylic acids is 2. The maximum absolute atomic E-state index is 12.4. The van der Waals surface area contributed by atoms with E-state index in [-0.39, 0.29) is 18.4 Å². The first-order valence-corrected chi connectivity index (χ1v) is 10.2. The molecule has 0 spiro atoms. The van der Waals surface area contributed by atoms with Crippen LogP contribution in [0.25, 0.3) is 6.08 Å². The zero-order valence-corrected chi connectivity index (χ0v) is 17.3. The minimum atomic E-state index is -0.204. The van der Waals surface area contributed by atoms with Gasteiger partial charge in [0.05, 0.1) is 4.91 Å². The third-order valence-electron chi connectivity index (χ3n) is 4.04. The van der Waals surface area contributed by atoms with E-state index in [1.165, 1.54) is 16.7 Å². The number of nitrogens with zero attached hydrogens (tertiary/aromatic N) is 1. The first-order valence-electron chi connectivity index (χ1n) is 8.96. The van der Waals surface area contributed by atoms with Crippen LogP contribution in [0.1, 0.15) is 11.1 Å². The number of rotatable bonds is 8. The van der Waals surface area contributed by atoms with Crippen molar-refractivity contribution in [2.75, 3.05) is 13.2 Å². The fourth-order valence-electron chi connectivity index (χ4n) is 2.63. The third kappa shape index (κ3) is 5.79. The van der Waals surface area contributed by atoms with Gasteiger partial charge < -0.3 is 10.1 Å². The molecule has 1 saturated heterocycles. The number of thioether (sulfide) groups is 1. The summed E-state index contributed by atoms with van der Waals surface area (Å²) in [6, 6.07) is 16.9. The van der Waals surface area contributed by atoms with Crippen LogP contribution in [0, 0.1) is 0 Å². The zero-order valence-electron chi connectivity index (χ0n) is 15.7. The highest BCUT2D eigenvalue weighted by Gasteiger charge is 2.30. The average Bonchev–Trinajstić information content (AvgIpc) is 2.99. The minimum absolute atomic E-state index is 0.0856. The fourth-order valence-corrected chi connectivity index (χ4v) is 3.90. The van der Waals surface area contributed by atoms with Crippen molar-refractivity contribution >= 4 is 46.2 Å². The van der Waals surface area contributed by atoms with Crippen LogP contribution >= 0.6 is 24.0 Å². The largest absolute Gasteiger partial charge is 0.484 e. The van der Waals surface area contributed by atoms with Crippen LogP contribution in [0.15, 0.2) is 72.2 Å². The summed E-state index contributed by atoms with van der Waals surface area (Å²) < 4.78 is 6.10. The highest BCUT2D eigenvalue weighted by atomic mass is 32.2. The summed E-state index contributed by atoms with van der Waals surface area (Å²) in [5.74, 6) is 0.214. The topological polar surface area (TPSA) is 58.6 Å². The number of carbonyl (C=O) groups is 2. The lowest BCUT2D eigenvalue weighted by molar-refractivity contribution is -0.123. The van der Waals surface area contributed by atoms with Crippen LogP contribution in [-0.2, 0) is 16.1 Å². The molecule has 1 aliphatic heterocycles. The summed E-state index contributed by atoms with van der Waals surface area (Å²) in [6.07, 6.45) is 3.41. The van der Waals surface area contributed by atoms with Crippen molar-refractivity contribution in [2.45, 2.75) is 6.54 Å². The lowest BCUT2D eigenvalue weighted by atomic mass is 10.2. The number of benzene rings is 2. The van der Waals surface area contributed by atoms with E-state index in [2.05, 4.69) is 11.9 Å². The van der Waals surface area contributed by atoms with Gasteiger partial charge in [-0.25, -0.2) is 0 Å². The van der Waals surface area contributed by atoms with Crippen LogP contribution < -0.4 is 10.1 Å². The van der Waals surface area contributed by atoms with Crippen molar-refractivity contribution in [3.8, 4) is 5.75 Å². The Hall–Kier alpha value is -2.90. The molecule has 1 N–H and O–H groups in total. The first-order chi connectivity index (χ1) is 14.1. The Morgan fingerprint density at radius 1 is 1.21 bits per heavy atom. The smallest absolute Gasteiger partial charge is 0.266 e. The lowest BCUT2D eigenvalue weighted by Gasteiger charge is -2.10. The normalized spacial score (nSPS) is 14.9. The van der Waals surface area contributed by atoms with Gasteiger partial charge >= 0.3 is 0 Å². The Bertz CT molecular complexity index is 958. The van der Waals surface area contributed by atoms with Crippen LogP contribution in [0.2, 0.25) is 0 Å². The number of hydrogen-bond donors (Lipinski definition) is 1. The molecule has 148 valence electrons. The van der Waals surface area contributed by atoms with Crippen molar-refractivity contribution in [2.24, 2.45) is 0 Å². The van der Waals surface area contributed by atoms with Gasteiger partial charge in [-0.2, -0.15) is 0 Å². The second-order valence-corrected chi connectivity index (χ2v) is 7.88. The Labute approximate surface area is 179 Å². The van der Waals surface area contributed by atoms with Gasteiger partial charge in [-0.05, 0) is 29.3 Å². The van der Waals surface area contributed by atoms with Gasteiger partial charge in [0, 0.05) is 13.1 Å². The standard InChI is InChI=1S/C22H20N2O3S2/c1-2-11-24-21(26)19(29-22(24)28)13-17-9-6-10-18(12-17)27-15-20(25)23-14-16-7-4-3-5-8-16/h2-10,12-13H,1,11,14-15H2,(H,23,25)/b19-13-. The molecule has 0 aromatic heterocycles. The van der Waals surface area contributed by atoms with E-state index in [4.69, 9.17) is 17.0 Å². The van der Waals surface area contributed by atoms with Crippen molar-refractivity contribution in [1.82, 2.24) is 10.2 Å². The molecule has 2 aromatic rings. The number of nitrogens with one attached hydrogen (secondary N) is 1. The first kappa shape index (κ1) is 20.8. The SMILES string of the molecule is C=CCN1C(=O)/C(=C/c2cccc(OCC(=O)NCc3ccccc3)c2)SC1=S. The van der Waals surface area contributed by atoms with Gasteiger partial charge in [0.1, 0.15) is 10.1 Å². The van der Waals surface area contributed by atoms with Crippen molar-refractivity contribution in [1.29, 1.82) is 0 Å². The molecule has 1 fully saturated rings. The minimum Gasteiger partial charge on any atom is -0.484 e. The lowest BCUT2D eigenvalue weighted by Crippen LogP contribution is -2.28. The maximum Gasteiger partial charge on any atom is 0.266 e. The van der Waals surface area contributed by atoms with Crippen LogP contribution in [0.4, 0.5) is 0 Å². The molecule has 0 aliphatic carbocycles. The van der Waals surface area contributed by atoms with Crippen molar-refractivity contribution < 1.29 is 14.3 Å². The molecule has 2 aromatic carbocycles. The number of amides is 2. The summed E-state index contributed by atoms with van der Waals surface area (Å²) in [7, 11) is 0. The summed E-state index contributed by atoms with van der Waals surface area (Å²) in [5.41, 5.74) is 1.82. The number of ether oxygens (including phenoxy) is 1. The molecule has 0 atom stereocenters. The molecule has 29 heavy (non-hydrogen) atoms. The number of thiocarbonyl (C=S) groups is 1. The van der Waals surface area contributed by atoms with Crippen molar-refractivity contribution in [3.05, 3.63) is 83.3 Å². The molecule has 1 aliphatic rings. The molecule has 0 radical (unpaired) electrons. The molecule has 0 unspecified atom stereocenters. The van der Waals surface area contributed by atoms with Crippen LogP contribution in [-0.4, -0.2) is 34.2 Å². The Morgan fingerprint density at radius 2 is 2.00 bits per heavy atom. The quantitative estimate of drug-likeness (QED) is 0.397. The maximum atomic E-state index is 12.4. The van der Waals surface area contributed by atoms with Gasteiger partial charge in [-0.1, -0.05) is 72.5 Å². The summed E-state index contributed by atoms with van der Waals surface area (Å²) in [5, 5.41) is 2.82. The molecule has 3 rings (SSSR count). The molecule has 7 heteroatoms. The van der Waals surface area contributed by atoms with E-state index in [1.54, 1.807) is 24.3 Å². The third-order valence-corrected chi connectivity index (χ3v) is 5.42. The molecule has 0 saturated carbocycles. The summed E-state index contributed by atoms with van der Waals surface area (Å²) in [6.45, 7) is 4.41. The Morgan fingerprint density at radius 3 is 2.76 bits per heavy atom. The molecule has 0 bridgehead atoms. The predicted octanol–water partition coefficient (Wildman–Crippen LogP) is 3.77. The Balaban J connectivity index is 1.57. The summed E-state index contributed by atoms with van der Waals surface area (Å²) in [4.78, 5) is 26.5. The van der Waals surface area contributed by atoms with Gasteiger partial charge in [0.25, 0.3) is 11.8 Å². The van der Waals surface area contributed by atoms with E-state index in [1.807, 2.05) is 42.5 Å². The van der Waals surface area contributed by atoms with E-state index >= 15 is 0 Å². The van der Waals surface area contributed by atoms with Gasteiger partial charge in [0.2, 0.25) is 0 Å². The molecule has 1 heterocycles. The second kappa shape index (κ2) is 10.0.